The highest BCUT2D eigenvalue weighted by Gasteiger charge is 2.13. The minimum atomic E-state index is 0.770. The van der Waals surface area contributed by atoms with Crippen molar-refractivity contribution in [1.29, 1.82) is 0 Å². The second-order valence-electron chi connectivity index (χ2n) is 4.32. The van der Waals surface area contributed by atoms with Gasteiger partial charge in [-0.3, -0.25) is 0 Å². The zero-order valence-corrected chi connectivity index (χ0v) is 9.93. The summed E-state index contributed by atoms with van der Waals surface area (Å²) in [5.74, 6) is 1.55. The Morgan fingerprint density at radius 2 is 1.92 bits per heavy atom. The van der Waals surface area contributed by atoms with Crippen LogP contribution in [0.1, 0.15) is 27.2 Å². The first-order valence-electron chi connectivity index (χ1n) is 5.44. The van der Waals surface area contributed by atoms with Crippen molar-refractivity contribution in [2.75, 3.05) is 33.7 Å². The molecule has 0 amide bonds. The van der Waals surface area contributed by atoms with Crippen LogP contribution in [0.2, 0.25) is 0 Å². The summed E-state index contributed by atoms with van der Waals surface area (Å²) >= 11 is 0. The molecule has 1 N–H and O–H groups in total. The first-order valence-corrected chi connectivity index (χ1v) is 5.44. The zero-order chi connectivity index (χ0) is 10.3. The van der Waals surface area contributed by atoms with Gasteiger partial charge in [0.2, 0.25) is 0 Å². The number of hydrogen-bond donors (Lipinski definition) is 1. The molecule has 0 aromatic carbocycles. The number of nitrogens with zero attached hydrogens (tertiary/aromatic N) is 1. The molecule has 0 aromatic rings. The SMILES string of the molecule is CCCN(C)CC(CNC)C(C)C. The molecule has 1 unspecified atom stereocenters. The van der Waals surface area contributed by atoms with Gasteiger partial charge in [0.15, 0.2) is 0 Å². The average molecular weight is 186 g/mol. The van der Waals surface area contributed by atoms with E-state index in [0.29, 0.717) is 0 Å². The second-order valence-corrected chi connectivity index (χ2v) is 4.32. The van der Waals surface area contributed by atoms with Crippen LogP contribution in [0.5, 0.6) is 0 Å². The van der Waals surface area contributed by atoms with E-state index in [2.05, 4.69) is 38.0 Å². The van der Waals surface area contributed by atoms with Gasteiger partial charge < -0.3 is 10.2 Å². The summed E-state index contributed by atoms with van der Waals surface area (Å²) in [4.78, 5) is 2.43. The van der Waals surface area contributed by atoms with Gasteiger partial charge in [-0.15, -0.1) is 0 Å². The van der Waals surface area contributed by atoms with E-state index in [1.165, 1.54) is 19.5 Å². The topological polar surface area (TPSA) is 15.3 Å². The Morgan fingerprint density at radius 3 is 2.31 bits per heavy atom. The molecule has 0 heterocycles. The Hall–Kier alpha value is -0.0800. The molecule has 0 aliphatic rings. The lowest BCUT2D eigenvalue weighted by Crippen LogP contribution is -2.34. The third kappa shape index (κ3) is 6.05. The Balaban J connectivity index is 3.79. The molecule has 13 heavy (non-hydrogen) atoms. The Bertz CT molecular complexity index is 113. The first-order chi connectivity index (χ1) is 6.11. The molecule has 0 rings (SSSR count). The van der Waals surface area contributed by atoms with Gasteiger partial charge in [-0.1, -0.05) is 20.8 Å². The number of hydrogen-bond acceptors (Lipinski definition) is 2. The van der Waals surface area contributed by atoms with E-state index in [1.54, 1.807) is 0 Å². The van der Waals surface area contributed by atoms with Gasteiger partial charge in [0, 0.05) is 6.54 Å². The number of rotatable bonds is 7. The van der Waals surface area contributed by atoms with E-state index in [1.807, 2.05) is 7.05 Å². The summed E-state index contributed by atoms with van der Waals surface area (Å²) in [5.41, 5.74) is 0. The predicted octanol–water partition coefficient (Wildman–Crippen LogP) is 1.82. The third-order valence-electron chi connectivity index (χ3n) is 2.56. The van der Waals surface area contributed by atoms with Gasteiger partial charge >= 0.3 is 0 Å². The standard InChI is InChI=1S/C11H26N2/c1-6-7-13(5)9-11(8-12-4)10(2)3/h10-12H,6-9H2,1-5H3. The first kappa shape index (κ1) is 12.9. The third-order valence-corrected chi connectivity index (χ3v) is 2.56. The van der Waals surface area contributed by atoms with Crippen LogP contribution in [0.3, 0.4) is 0 Å². The fourth-order valence-corrected chi connectivity index (χ4v) is 1.65. The summed E-state index contributed by atoms with van der Waals surface area (Å²) in [6.07, 6.45) is 1.25. The largest absolute Gasteiger partial charge is 0.319 e. The highest BCUT2D eigenvalue weighted by atomic mass is 15.1. The summed E-state index contributed by atoms with van der Waals surface area (Å²) in [6, 6.07) is 0. The van der Waals surface area contributed by atoms with Gasteiger partial charge in [-0.25, -0.2) is 0 Å². The van der Waals surface area contributed by atoms with Crippen molar-refractivity contribution in [3.05, 3.63) is 0 Å². The zero-order valence-electron chi connectivity index (χ0n) is 9.93. The molecule has 0 bridgehead atoms. The van der Waals surface area contributed by atoms with Crippen molar-refractivity contribution >= 4 is 0 Å². The second kappa shape index (κ2) is 7.34. The Labute approximate surface area is 83.7 Å². The highest BCUT2D eigenvalue weighted by molar-refractivity contribution is 4.68. The van der Waals surface area contributed by atoms with Crippen molar-refractivity contribution in [2.45, 2.75) is 27.2 Å². The normalized spacial score (nSPS) is 14.1. The monoisotopic (exact) mass is 186 g/mol. The van der Waals surface area contributed by atoms with E-state index in [9.17, 15) is 0 Å². The molecule has 0 saturated heterocycles. The predicted molar refractivity (Wildman–Crippen MR) is 60.0 cm³/mol. The van der Waals surface area contributed by atoms with Crippen LogP contribution < -0.4 is 5.32 Å². The maximum atomic E-state index is 3.27. The molecule has 0 fully saturated rings. The highest BCUT2D eigenvalue weighted by Crippen LogP contribution is 2.10. The molecule has 0 aliphatic heterocycles. The van der Waals surface area contributed by atoms with Crippen LogP contribution >= 0.6 is 0 Å². The summed E-state index contributed by atoms with van der Waals surface area (Å²) in [7, 11) is 4.25. The van der Waals surface area contributed by atoms with Crippen LogP contribution in [0.4, 0.5) is 0 Å². The van der Waals surface area contributed by atoms with Crippen LogP contribution in [-0.4, -0.2) is 38.6 Å². The lowest BCUT2D eigenvalue weighted by Gasteiger charge is -2.26. The van der Waals surface area contributed by atoms with Gasteiger partial charge in [0.05, 0.1) is 0 Å². The molecule has 1 atom stereocenters. The van der Waals surface area contributed by atoms with Crippen LogP contribution in [0.15, 0.2) is 0 Å². The molecule has 0 spiro atoms. The fraction of sp³-hybridized carbons (Fsp3) is 1.00. The van der Waals surface area contributed by atoms with Crippen molar-refractivity contribution in [3.63, 3.8) is 0 Å². The Morgan fingerprint density at radius 1 is 1.31 bits per heavy atom. The molecule has 0 aromatic heterocycles. The maximum Gasteiger partial charge on any atom is 0.00212 e. The van der Waals surface area contributed by atoms with Crippen LogP contribution in [-0.2, 0) is 0 Å². The van der Waals surface area contributed by atoms with Gasteiger partial charge in [-0.2, -0.15) is 0 Å². The summed E-state index contributed by atoms with van der Waals surface area (Å²) in [6.45, 7) is 10.4. The van der Waals surface area contributed by atoms with Gasteiger partial charge in [0.1, 0.15) is 0 Å². The Kier molecular flexibility index (Phi) is 7.29. The smallest absolute Gasteiger partial charge is 0.00212 e. The van der Waals surface area contributed by atoms with Crippen molar-refractivity contribution in [1.82, 2.24) is 10.2 Å². The average Bonchev–Trinajstić information content (AvgIpc) is 2.04. The van der Waals surface area contributed by atoms with Crippen molar-refractivity contribution < 1.29 is 0 Å². The minimum Gasteiger partial charge on any atom is -0.319 e. The van der Waals surface area contributed by atoms with Crippen molar-refractivity contribution in [3.8, 4) is 0 Å². The fourth-order valence-electron chi connectivity index (χ4n) is 1.65. The molecule has 2 heteroatoms. The summed E-state index contributed by atoms with van der Waals surface area (Å²) in [5, 5.41) is 3.27. The lowest BCUT2D eigenvalue weighted by atomic mass is 9.95. The van der Waals surface area contributed by atoms with E-state index >= 15 is 0 Å². The molecule has 80 valence electrons. The van der Waals surface area contributed by atoms with Gasteiger partial charge in [0.25, 0.3) is 0 Å². The maximum absolute atomic E-state index is 3.27. The minimum absolute atomic E-state index is 0.770. The molecule has 0 aliphatic carbocycles. The molecular formula is C11H26N2. The number of nitrogens with one attached hydrogen (secondary N) is 1. The molecule has 0 saturated carbocycles. The van der Waals surface area contributed by atoms with E-state index in [0.717, 1.165) is 18.4 Å². The molecule has 0 radical (unpaired) electrons. The van der Waals surface area contributed by atoms with Crippen LogP contribution in [0.25, 0.3) is 0 Å². The van der Waals surface area contributed by atoms with E-state index < -0.39 is 0 Å². The molecular weight excluding hydrogens is 160 g/mol. The molecule has 2 nitrogen and oxygen atoms in total. The van der Waals surface area contributed by atoms with Crippen LogP contribution in [0, 0.1) is 11.8 Å². The van der Waals surface area contributed by atoms with E-state index in [4.69, 9.17) is 0 Å². The van der Waals surface area contributed by atoms with Gasteiger partial charge in [-0.05, 0) is 45.4 Å². The quantitative estimate of drug-likeness (QED) is 0.652. The summed E-state index contributed by atoms with van der Waals surface area (Å²) < 4.78 is 0. The van der Waals surface area contributed by atoms with Crippen molar-refractivity contribution in [2.24, 2.45) is 11.8 Å². The lowest BCUT2D eigenvalue weighted by molar-refractivity contribution is 0.233. The van der Waals surface area contributed by atoms with E-state index in [-0.39, 0.29) is 0 Å².